The second-order valence-corrected chi connectivity index (χ2v) is 4.07. The van der Waals surface area contributed by atoms with Gasteiger partial charge in [-0.15, -0.1) is 0 Å². The number of carbonyl (C=O) groups is 2. The van der Waals surface area contributed by atoms with Gasteiger partial charge in [0.1, 0.15) is 0 Å². The van der Waals surface area contributed by atoms with Crippen LogP contribution in [0.4, 0.5) is 4.79 Å². The van der Waals surface area contributed by atoms with Crippen LogP contribution in [0.5, 0.6) is 0 Å². The molecular formula is C10H18N2O5. The first-order valence-corrected chi connectivity index (χ1v) is 5.62. The van der Waals surface area contributed by atoms with Gasteiger partial charge < -0.3 is 25.5 Å². The van der Waals surface area contributed by atoms with Crippen LogP contribution in [0.1, 0.15) is 19.3 Å². The average molecular weight is 246 g/mol. The van der Waals surface area contributed by atoms with E-state index in [4.69, 9.17) is 15.3 Å². The van der Waals surface area contributed by atoms with Crippen LogP contribution in [0.15, 0.2) is 0 Å². The molecule has 1 heterocycles. The van der Waals surface area contributed by atoms with Crippen molar-refractivity contribution in [1.29, 1.82) is 0 Å². The molecule has 0 saturated carbocycles. The zero-order valence-electron chi connectivity index (χ0n) is 9.50. The molecule has 0 aromatic heterocycles. The van der Waals surface area contributed by atoms with Crippen molar-refractivity contribution in [2.45, 2.75) is 31.4 Å². The molecular weight excluding hydrogens is 228 g/mol. The summed E-state index contributed by atoms with van der Waals surface area (Å²) < 4.78 is 0. The Hall–Kier alpha value is -1.34. The molecule has 1 fully saturated rings. The number of amides is 2. The van der Waals surface area contributed by atoms with Crippen LogP contribution in [0.2, 0.25) is 0 Å². The van der Waals surface area contributed by atoms with E-state index < -0.39 is 18.1 Å². The van der Waals surface area contributed by atoms with E-state index in [2.05, 4.69) is 5.32 Å². The fraction of sp³-hybridized carbons (Fsp3) is 0.800. The van der Waals surface area contributed by atoms with E-state index >= 15 is 0 Å². The highest BCUT2D eigenvalue weighted by Gasteiger charge is 2.26. The van der Waals surface area contributed by atoms with E-state index in [9.17, 15) is 9.59 Å². The van der Waals surface area contributed by atoms with Gasteiger partial charge in [0.05, 0.1) is 19.2 Å². The van der Waals surface area contributed by atoms with Crippen molar-refractivity contribution in [3.63, 3.8) is 0 Å². The van der Waals surface area contributed by atoms with Crippen molar-refractivity contribution in [3.8, 4) is 0 Å². The van der Waals surface area contributed by atoms with Gasteiger partial charge in [0.15, 0.2) is 6.10 Å². The predicted octanol–water partition coefficient (Wildman–Crippen LogP) is -1.01. The number of carboxylic acids is 1. The number of piperidine rings is 1. The summed E-state index contributed by atoms with van der Waals surface area (Å²) in [5.74, 6) is -1.37. The number of rotatable bonds is 4. The van der Waals surface area contributed by atoms with E-state index in [-0.39, 0.29) is 19.2 Å². The van der Waals surface area contributed by atoms with Crippen LogP contribution in [-0.4, -0.2) is 64.1 Å². The van der Waals surface area contributed by atoms with Crippen LogP contribution in [0.25, 0.3) is 0 Å². The molecule has 1 saturated heterocycles. The summed E-state index contributed by atoms with van der Waals surface area (Å²) >= 11 is 0. The summed E-state index contributed by atoms with van der Waals surface area (Å²) in [4.78, 5) is 23.5. The Morgan fingerprint density at radius 3 is 2.71 bits per heavy atom. The minimum atomic E-state index is -1.60. The Morgan fingerprint density at radius 1 is 1.41 bits per heavy atom. The third-order valence-corrected chi connectivity index (χ3v) is 2.83. The lowest BCUT2D eigenvalue weighted by molar-refractivity contribution is -0.146. The molecule has 0 bridgehead atoms. The first kappa shape index (κ1) is 13.7. The molecule has 17 heavy (non-hydrogen) atoms. The highest BCUT2D eigenvalue weighted by molar-refractivity contribution is 5.77. The molecule has 4 N–H and O–H groups in total. The lowest BCUT2D eigenvalue weighted by atomic mass is 10.0. The minimum Gasteiger partial charge on any atom is -0.479 e. The fourth-order valence-corrected chi connectivity index (χ4v) is 1.83. The van der Waals surface area contributed by atoms with E-state index in [1.807, 2.05) is 0 Å². The number of nitrogens with one attached hydrogen (secondary N) is 1. The van der Waals surface area contributed by atoms with Crippen molar-refractivity contribution in [2.24, 2.45) is 0 Å². The van der Waals surface area contributed by atoms with E-state index in [0.717, 1.165) is 19.3 Å². The lowest BCUT2D eigenvalue weighted by Gasteiger charge is -2.34. The zero-order valence-corrected chi connectivity index (χ0v) is 9.50. The summed E-state index contributed by atoms with van der Waals surface area (Å²) in [5.41, 5.74) is 0. The number of aliphatic hydroxyl groups excluding tert-OH is 2. The minimum absolute atomic E-state index is 0.102. The first-order valence-electron chi connectivity index (χ1n) is 5.62. The molecule has 1 unspecified atom stereocenters. The fourth-order valence-electron chi connectivity index (χ4n) is 1.83. The van der Waals surface area contributed by atoms with Gasteiger partial charge in [-0.3, -0.25) is 0 Å². The van der Waals surface area contributed by atoms with Gasteiger partial charge in [0, 0.05) is 6.54 Å². The number of hydrogen-bond donors (Lipinski definition) is 4. The van der Waals surface area contributed by atoms with Crippen molar-refractivity contribution in [3.05, 3.63) is 0 Å². The number of aliphatic hydroxyl groups is 2. The van der Waals surface area contributed by atoms with Crippen LogP contribution in [0.3, 0.4) is 0 Å². The van der Waals surface area contributed by atoms with Gasteiger partial charge in [0.25, 0.3) is 0 Å². The van der Waals surface area contributed by atoms with Gasteiger partial charge in [-0.1, -0.05) is 0 Å². The Bertz CT molecular complexity index is 284. The number of aliphatic carboxylic acids is 1. The molecule has 1 rings (SSSR count). The number of likely N-dealkylation sites (tertiary alicyclic amines) is 1. The molecule has 7 heteroatoms. The second-order valence-electron chi connectivity index (χ2n) is 4.07. The Kier molecular flexibility index (Phi) is 5.17. The maximum Gasteiger partial charge on any atom is 0.334 e. The van der Waals surface area contributed by atoms with Crippen molar-refractivity contribution < 1.29 is 24.9 Å². The van der Waals surface area contributed by atoms with Crippen LogP contribution < -0.4 is 5.32 Å². The Morgan fingerprint density at radius 2 is 2.12 bits per heavy atom. The summed E-state index contributed by atoms with van der Waals surface area (Å²) in [5, 5.41) is 28.9. The zero-order chi connectivity index (χ0) is 12.8. The van der Waals surface area contributed by atoms with Crippen molar-refractivity contribution in [1.82, 2.24) is 10.2 Å². The molecule has 2 atom stereocenters. The number of carbonyl (C=O) groups excluding carboxylic acids is 1. The smallest absolute Gasteiger partial charge is 0.334 e. The Balaban J connectivity index is 2.42. The normalized spacial score (nSPS) is 22.0. The van der Waals surface area contributed by atoms with Gasteiger partial charge in [-0.2, -0.15) is 0 Å². The molecule has 7 nitrogen and oxygen atoms in total. The number of hydrogen-bond acceptors (Lipinski definition) is 4. The lowest BCUT2D eigenvalue weighted by Crippen LogP contribution is -2.51. The van der Waals surface area contributed by atoms with Gasteiger partial charge in [-0.25, -0.2) is 9.59 Å². The largest absolute Gasteiger partial charge is 0.479 e. The maximum absolute atomic E-state index is 11.7. The summed E-state index contributed by atoms with van der Waals surface area (Å²) in [6.07, 6.45) is 0.972. The van der Waals surface area contributed by atoms with E-state index in [1.165, 1.54) is 4.90 Å². The number of urea groups is 1. The first-order chi connectivity index (χ1) is 8.06. The molecule has 0 aromatic carbocycles. The van der Waals surface area contributed by atoms with Crippen LogP contribution in [-0.2, 0) is 4.79 Å². The molecule has 2 amide bonds. The van der Waals surface area contributed by atoms with Crippen LogP contribution >= 0.6 is 0 Å². The third kappa shape index (κ3) is 3.86. The maximum atomic E-state index is 11.7. The number of carboxylic acid groups (broad SMARTS) is 1. The highest BCUT2D eigenvalue weighted by Crippen LogP contribution is 2.16. The van der Waals surface area contributed by atoms with Crippen LogP contribution in [0, 0.1) is 0 Å². The topological polar surface area (TPSA) is 110 Å². The quantitative estimate of drug-likeness (QED) is 0.508. The van der Waals surface area contributed by atoms with Gasteiger partial charge in [-0.05, 0) is 19.3 Å². The molecule has 1 aliphatic rings. The summed E-state index contributed by atoms with van der Waals surface area (Å²) in [6.45, 7) is 0.109. The molecule has 0 aromatic rings. The SMILES string of the molecule is O=C(O)[C@@H](O)CNC(=O)N1CCCCC1CO. The predicted molar refractivity (Wildman–Crippen MR) is 58.5 cm³/mol. The number of nitrogens with zero attached hydrogens (tertiary/aromatic N) is 1. The molecule has 0 aliphatic carbocycles. The highest BCUT2D eigenvalue weighted by atomic mass is 16.4. The summed E-state index contributed by atoms with van der Waals surface area (Å²) in [6, 6.07) is -0.658. The summed E-state index contributed by atoms with van der Waals surface area (Å²) in [7, 11) is 0. The molecule has 1 aliphatic heterocycles. The van der Waals surface area contributed by atoms with E-state index in [1.54, 1.807) is 0 Å². The van der Waals surface area contributed by atoms with Gasteiger partial charge >= 0.3 is 12.0 Å². The monoisotopic (exact) mass is 246 g/mol. The molecule has 98 valence electrons. The standard InChI is InChI=1S/C10H18N2O5/c13-6-7-3-1-2-4-12(7)10(17)11-5-8(14)9(15)16/h7-8,13-14H,1-6H2,(H,11,17)(H,15,16)/t7?,8-/m0/s1. The van der Waals surface area contributed by atoms with Crippen molar-refractivity contribution in [2.75, 3.05) is 19.7 Å². The molecule has 0 spiro atoms. The van der Waals surface area contributed by atoms with Crippen molar-refractivity contribution >= 4 is 12.0 Å². The second kappa shape index (κ2) is 6.41. The van der Waals surface area contributed by atoms with E-state index in [0.29, 0.717) is 6.54 Å². The average Bonchev–Trinajstić information content (AvgIpc) is 2.35. The molecule has 0 radical (unpaired) electrons. The van der Waals surface area contributed by atoms with Gasteiger partial charge in [0.2, 0.25) is 0 Å². The third-order valence-electron chi connectivity index (χ3n) is 2.83. The Labute approximate surface area is 99.0 Å².